The lowest BCUT2D eigenvalue weighted by molar-refractivity contribution is -0.119. The fraction of sp³-hybridized carbons (Fsp3) is 0.333. The molecule has 1 aliphatic heterocycles. The van der Waals surface area contributed by atoms with Gasteiger partial charge in [0.05, 0.1) is 37.4 Å². The smallest absolute Gasteiger partial charge is 0.416 e. The molecule has 2 aromatic heterocycles. The van der Waals surface area contributed by atoms with Crippen molar-refractivity contribution < 1.29 is 33.7 Å². The largest absolute Gasteiger partial charge is 0.496 e. The molecule has 2 atom stereocenters. The Kier molecular flexibility index (Phi) is 7.17. The molecular formula is C24H25N3O7S. The first-order valence-electron chi connectivity index (χ1n) is 11.0. The quantitative estimate of drug-likeness (QED) is 0.494. The monoisotopic (exact) mass is 499 g/mol. The number of esters is 1. The number of hydrogen-bond acceptors (Lipinski definition) is 9. The van der Waals surface area contributed by atoms with E-state index >= 15 is 0 Å². The normalized spacial score (nSPS) is 17.3. The van der Waals surface area contributed by atoms with Gasteiger partial charge in [-0.05, 0) is 26.0 Å². The number of aryl methyl sites for hydroxylation is 1. The number of hydrogen-bond donors (Lipinski definition) is 2. The number of para-hydroxylation sites is 1. The highest BCUT2D eigenvalue weighted by molar-refractivity contribution is 7.21. The topological polar surface area (TPSA) is 127 Å². The van der Waals surface area contributed by atoms with Gasteiger partial charge in [-0.25, -0.2) is 14.6 Å². The van der Waals surface area contributed by atoms with E-state index in [-0.39, 0.29) is 30.1 Å². The van der Waals surface area contributed by atoms with E-state index in [0.29, 0.717) is 27.4 Å². The number of amides is 2. The summed E-state index contributed by atoms with van der Waals surface area (Å²) < 4.78 is 16.0. The van der Waals surface area contributed by atoms with E-state index in [4.69, 9.17) is 14.2 Å². The summed E-state index contributed by atoms with van der Waals surface area (Å²) in [4.78, 5) is 45.2. The van der Waals surface area contributed by atoms with Crippen LogP contribution in [0.25, 0.3) is 10.2 Å². The van der Waals surface area contributed by atoms with Crippen molar-refractivity contribution in [1.29, 1.82) is 0 Å². The molecule has 3 aromatic rings. The lowest BCUT2D eigenvalue weighted by atomic mass is 10.1. The number of methoxy groups -OCH3 is 1. The third-order valence-electron chi connectivity index (χ3n) is 5.45. The van der Waals surface area contributed by atoms with E-state index in [0.717, 1.165) is 11.3 Å². The number of thiophene rings is 1. The number of carbonyl (C=O) groups is 3. The van der Waals surface area contributed by atoms with Gasteiger partial charge in [0.25, 0.3) is 0 Å². The second kappa shape index (κ2) is 10.3. The standard InChI is InChI=1S/C24H25N3O7S/c1-4-33-23(30)20-19(18-17(32-3)10-13(2)25-22(18)35-20)26-21(29)16-11-14(28)12-27(16)24(31)34-15-8-6-5-7-9-15/h5-10,14,16,28H,4,11-12H2,1-3H3,(H,26,29)/t14-,16+/m0/s1. The Balaban J connectivity index is 1.66. The summed E-state index contributed by atoms with van der Waals surface area (Å²) in [6.07, 6.45) is -1.65. The highest BCUT2D eigenvalue weighted by Gasteiger charge is 2.41. The summed E-state index contributed by atoms with van der Waals surface area (Å²) in [5.74, 6) is -0.448. The maximum atomic E-state index is 13.4. The van der Waals surface area contributed by atoms with Crippen molar-refractivity contribution in [1.82, 2.24) is 9.88 Å². The predicted molar refractivity (Wildman–Crippen MR) is 129 cm³/mol. The van der Waals surface area contributed by atoms with E-state index in [1.807, 2.05) is 0 Å². The molecule has 0 saturated carbocycles. The minimum atomic E-state index is -1.02. The van der Waals surface area contributed by atoms with Crippen molar-refractivity contribution in [2.45, 2.75) is 32.4 Å². The minimum absolute atomic E-state index is 0.0149. The Labute approximate surface area is 205 Å². The molecule has 1 saturated heterocycles. The first-order valence-corrected chi connectivity index (χ1v) is 11.8. The van der Waals surface area contributed by atoms with Crippen molar-refractivity contribution in [2.75, 3.05) is 25.6 Å². The SMILES string of the molecule is CCOC(=O)c1sc2nc(C)cc(OC)c2c1NC(=O)[C@H]1C[C@H](O)CN1C(=O)Oc1ccccc1. The van der Waals surface area contributed by atoms with Crippen LogP contribution in [0, 0.1) is 6.92 Å². The maximum absolute atomic E-state index is 13.4. The molecule has 0 radical (unpaired) electrons. The second-order valence-electron chi connectivity index (χ2n) is 7.90. The number of carbonyl (C=O) groups excluding carboxylic acids is 3. The average Bonchev–Trinajstić information content (AvgIpc) is 3.40. The van der Waals surface area contributed by atoms with Crippen LogP contribution in [0.5, 0.6) is 11.5 Å². The Hall–Kier alpha value is -3.70. The summed E-state index contributed by atoms with van der Waals surface area (Å²) in [6, 6.07) is 9.12. The molecular weight excluding hydrogens is 474 g/mol. The molecule has 11 heteroatoms. The summed E-state index contributed by atoms with van der Waals surface area (Å²) in [7, 11) is 1.48. The Morgan fingerprint density at radius 2 is 2.00 bits per heavy atom. The highest BCUT2D eigenvalue weighted by Crippen LogP contribution is 2.41. The van der Waals surface area contributed by atoms with Gasteiger partial charge < -0.3 is 24.6 Å². The van der Waals surface area contributed by atoms with Gasteiger partial charge >= 0.3 is 12.1 Å². The number of nitrogens with zero attached hydrogens (tertiary/aromatic N) is 2. The van der Waals surface area contributed by atoms with Crippen LogP contribution in [0.2, 0.25) is 0 Å². The fourth-order valence-corrected chi connectivity index (χ4v) is 5.01. The van der Waals surface area contributed by atoms with Crippen molar-refractivity contribution in [3.05, 3.63) is 47.0 Å². The average molecular weight is 500 g/mol. The van der Waals surface area contributed by atoms with Crippen molar-refractivity contribution in [2.24, 2.45) is 0 Å². The van der Waals surface area contributed by atoms with Crippen LogP contribution in [0.3, 0.4) is 0 Å². The Bertz CT molecular complexity index is 1260. The van der Waals surface area contributed by atoms with Gasteiger partial charge in [0, 0.05) is 18.2 Å². The molecule has 1 aromatic carbocycles. The van der Waals surface area contributed by atoms with Gasteiger partial charge in [0.1, 0.15) is 27.2 Å². The van der Waals surface area contributed by atoms with Crippen LogP contribution in [0.1, 0.15) is 28.7 Å². The molecule has 184 valence electrons. The molecule has 2 N–H and O–H groups in total. The number of fused-ring (bicyclic) bond motifs is 1. The summed E-state index contributed by atoms with van der Waals surface area (Å²) in [6.45, 7) is 3.56. The van der Waals surface area contributed by atoms with Gasteiger partial charge in [-0.3, -0.25) is 9.69 Å². The van der Waals surface area contributed by atoms with Gasteiger partial charge in [0.2, 0.25) is 5.91 Å². The molecule has 1 aliphatic rings. The van der Waals surface area contributed by atoms with Gasteiger partial charge in [-0.2, -0.15) is 0 Å². The van der Waals surface area contributed by atoms with Crippen LogP contribution in [0.4, 0.5) is 10.5 Å². The van der Waals surface area contributed by atoms with Gasteiger partial charge in [-0.1, -0.05) is 18.2 Å². The second-order valence-corrected chi connectivity index (χ2v) is 8.90. The van der Waals surface area contributed by atoms with E-state index < -0.39 is 30.1 Å². The van der Waals surface area contributed by atoms with Crippen molar-refractivity contribution in [3.63, 3.8) is 0 Å². The first-order chi connectivity index (χ1) is 16.8. The number of aliphatic hydroxyl groups is 1. The predicted octanol–water partition coefficient (Wildman–Crippen LogP) is 3.36. The molecule has 1 fully saturated rings. The number of anilines is 1. The third-order valence-corrected chi connectivity index (χ3v) is 6.51. The Morgan fingerprint density at radius 3 is 2.69 bits per heavy atom. The molecule has 0 spiro atoms. The molecule has 4 rings (SSSR count). The number of likely N-dealkylation sites (tertiary alicyclic amines) is 1. The maximum Gasteiger partial charge on any atom is 0.416 e. The zero-order valence-electron chi connectivity index (χ0n) is 19.4. The number of rotatable bonds is 6. The van der Waals surface area contributed by atoms with Crippen LogP contribution in [-0.4, -0.2) is 65.4 Å². The van der Waals surface area contributed by atoms with Gasteiger partial charge in [0.15, 0.2) is 0 Å². The van der Waals surface area contributed by atoms with E-state index in [9.17, 15) is 19.5 Å². The highest BCUT2D eigenvalue weighted by atomic mass is 32.1. The number of pyridine rings is 1. The summed E-state index contributed by atoms with van der Waals surface area (Å²) >= 11 is 1.07. The van der Waals surface area contributed by atoms with Crippen LogP contribution >= 0.6 is 11.3 Å². The van der Waals surface area contributed by atoms with Crippen LogP contribution in [-0.2, 0) is 9.53 Å². The van der Waals surface area contributed by atoms with E-state index in [1.54, 1.807) is 50.2 Å². The fourth-order valence-electron chi connectivity index (χ4n) is 3.92. The van der Waals surface area contributed by atoms with E-state index in [1.165, 1.54) is 12.0 Å². The number of β-amino-alcohol motifs (C(OH)–C–C–N with tert-alkyl or cyclic N) is 1. The zero-order chi connectivity index (χ0) is 25.1. The minimum Gasteiger partial charge on any atom is -0.496 e. The van der Waals surface area contributed by atoms with Gasteiger partial charge in [-0.15, -0.1) is 11.3 Å². The number of benzene rings is 1. The number of ether oxygens (including phenoxy) is 3. The van der Waals surface area contributed by atoms with Crippen LogP contribution < -0.4 is 14.8 Å². The number of aromatic nitrogens is 1. The molecule has 0 aliphatic carbocycles. The van der Waals surface area contributed by atoms with E-state index in [2.05, 4.69) is 10.3 Å². The van der Waals surface area contributed by atoms with Crippen molar-refractivity contribution >= 4 is 45.2 Å². The van der Waals surface area contributed by atoms with Crippen molar-refractivity contribution in [3.8, 4) is 11.5 Å². The molecule has 2 amide bonds. The lowest BCUT2D eigenvalue weighted by Crippen LogP contribution is -2.44. The summed E-state index contributed by atoms with van der Waals surface area (Å²) in [5.41, 5.74) is 0.869. The molecule has 3 heterocycles. The first kappa shape index (κ1) is 24.4. The zero-order valence-corrected chi connectivity index (χ0v) is 20.3. The molecule has 0 unspecified atom stereocenters. The number of nitrogens with one attached hydrogen (secondary N) is 1. The summed E-state index contributed by atoms with van der Waals surface area (Å²) in [5, 5.41) is 13.4. The molecule has 10 nitrogen and oxygen atoms in total. The molecule has 35 heavy (non-hydrogen) atoms. The third kappa shape index (κ3) is 5.05. The Morgan fingerprint density at radius 1 is 1.26 bits per heavy atom. The number of aliphatic hydroxyl groups excluding tert-OH is 1. The molecule has 0 bridgehead atoms. The lowest BCUT2D eigenvalue weighted by Gasteiger charge is -2.23. The van der Waals surface area contributed by atoms with Crippen LogP contribution in [0.15, 0.2) is 36.4 Å².